The Morgan fingerprint density at radius 2 is 1.34 bits per heavy atom. The van der Waals surface area contributed by atoms with E-state index in [0.29, 0.717) is 12.0 Å². The van der Waals surface area contributed by atoms with Crippen molar-refractivity contribution >= 4 is 23.7 Å². The van der Waals surface area contributed by atoms with E-state index in [0.717, 1.165) is 18.4 Å². The van der Waals surface area contributed by atoms with Gasteiger partial charge in [-0.2, -0.15) is 0 Å². The number of rotatable bonds is 14. The summed E-state index contributed by atoms with van der Waals surface area (Å²) in [4.78, 5) is 49.2. The molecular formula is C27H32O8. The molecule has 0 fully saturated rings. The maximum atomic E-state index is 12.6. The smallest absolute Gasteiger partial charge is 0.347 e. The predicted molar refractivity (Wildman–Crippen MR) is 127 cm³/mol. The van der Waals surface area contributed by atoms with Gasteiger partial charge in [0.1, 0.15) is 0 Å². The zero-order chi connectivity index (χ0) is 25.6. The third kappa shape index (κ3) is 9.70. The van der Waals surface area contributed by atoms with Crippen LogP contribution in [-0.2, 0) is 39.9 Å². The maximum Gasteiger partial charge on any atom is 0.347 e. The first-order valence-corrected chi connectivity index (χ1v) is 11.6. The summed E-state index contributed by atoms with van der Waals surface area (Å²) < 4.78 is 21.0. The van der Waals surface area contributed by atoms with Crippen molar-refractivity contribution in [2.24, 2.45) is 0 Å². The third-order valence-electron chi connectivity index (χ3n) is 5.07. The third-order valence-corrected chi connectivity index (χ3v) is 5.07. The Morgan fingerprint density at radius 1 is 0.771 bits per heavy atom. The van der Waals surface area contributed by atoms with Crippen molar-refractivity contribution in [1.82, 2.24) is 0 Å². The van der Waals surface area contributed by atoms with E-state index in [-0.39, 0.29) is 12.4 Å². The van der Waals surface area contributed by atoms with Gasteiger partial charge in [0.2, 0.25) is 0 Å². The first kappa shape index (κ1) is 27.7. The number of hydrogen-bond acceptors (Lipinski definition) is 8. The van der Waals surface area contributed by atoms with Gasteiger partial charge in [0.05, 0.1) is 6.61 Å². The first-order valence-electron chi connectivity index (χ1n) is 11.6. The van der Waals surface area contributed by atoms with Gasteiger partial charge >= 0.3 is 17.9 Å². The fourth-order valence-electron chi connectivity index (χ4n) is 3.01. The monoisotopic (exact) mass is 484 g/mol. The van der Waals surface area contributed by atoms with Crippen LogP contribution in [0.1, 0.15) is 56.0 Å². The summed E-state index contributed by atoms with van der Waals surface area (Å²) in [7, 11) is 0. The number of carbonyl (C=O) groups is 4. The van der Waals surface area contributed by atoms with E-state index in [1.165, 1.54) is 13.8 Å². The van der Waals surface area contributed by atoms with Crippen LogP contribution in [0, 0.1) is 0 Å². The molecule has 188 valence electrons. The van der Waals surface area contributed by atoms with Crippen molar-refractivity contribution in [3.05, 3.63) is 71.8 Å². The molecule has 0 saturated heterocycles. The topological polar surface area (TPSA) is 105 Å². The van der Waals surface area contributed by atoms with E-state index in [1.807, 2.05) is 37.3 Å². The number of ether oxygens (including phenoxy) is 4. The van der Waals surface area contributed by atoms with Crippen LogP contribution in [0.15, 0.2) is 60.7 Å². The second-order valence-corrected chi connectivity index (χ2v) is 7.98. The average molecular weight is 485 g/mol. The van der Waals surface area contributed by atoms with Crippen LogP contribution in [0.25, 0.3) is 0 Å². The molecule has 0 unspecified atom stereocenters. The Bertz CT molecular complexity index is 958. The number of Topliss-reactive ketones (excluding diaryl/α,β-unsaturated/α-hetero) is 1. The van der Waals surface area contributed by atoms with E-state index in [9.17, 15) is 19.2 Å². The lowest BCUT2D eigenvalue weighted by Gasteiger charge is -2.20. The standard InChI is InChI=1S/C27H32O8/c1-4-5-16-24(32-17-21-12-8-6-9-13-21)27(31)35-20(3)26(30)34-19(2)25(29)33-18-23(28)22-14-10-7-11-15-22/h6-15,19-20,24H,4-5,16-18H2,1-3H3/t19-,20-,24-/m0/s1. The summed E-state index contributed by atoms with van der Waals surface area (Å²) in [6, 6.07) is 17.8. The van der Waals surface area contributed by atoms with Crippen molar-refractivity contribution in [2.45, 2.75) is 65.0 Å². The summed E-state index contributed by atoms with van der Waals surface area (Å²) in [6.45, 7) is 4.41. The van der Waals surface area contributed by atoms with Crippen molar-refractivity contribution in [1.29, 1.82) is 0 Å². The number of esters is 3. The number of benzene rings is 2. The van der Waals surface area contributed by atoms with Crippen LogP contribution in [0.2, 0.25) is 0 Å². The van der Waals surface area contributed by atoms with E-state index < -0.39 is 42.8 Å². The lowest BCUT2D eigenvalue weighted by atomic mass is 10.1. The Hall–Kier alpha value is -3.52. The minimum atomic E-state index is -1.28. The van der Waals surface area contributed by atoms with Gasteiger partial charge in [-0.05, 0) is 25.8 Å². The molecule has 0 aliphatic heterocycles. The highest BCUT2D eigenvalue weighted by Gasteiger charge is 2.29. The maximum absolute atomic E-state index is 12.6. The van der Waals surface area contributed by atoms with Crippen LogP contribution in [0.5, 0.6) is 0 Å². The van der Waals surface area contributed by atoms with Crippen LogP contribution in [0.3, 0.4) is 0 Å². The van der Waals surface area contributed by atoms with Gasteiger partial charge in [0.25, 0.3) is 0 Å². The lowest BCUT2D eigenvalue weighted by Crippen LogP contribution is -2.36. The van der Waals surface area contributed by atoms with Gasteiger partial charge in [0, 0.05) is 5.56 Å². The second kappa shape index (κ2) is 14.7. The molecule has 0 bridgehead atoms. The Kier molecular flexibility index (Phi) is 11.6. The molecule has 35 heavy (non-hydrogen) atoms. The SMILES string of the molecule is CCCC[C@H](OCc1ccccc1)C(=O)O[C@@H](C)C(=O)O[C@@H](C)C(=O)OCC(=O)c1ccccc1. The summed E-state index contributed by atoms with van der Waals surface area (Å²) in [5, 5.41) is 0. The van der Waals surface area contributed by atoms with Gasteiger partial charge in [0.15, 0.2) is 30.7 Å². The van der Waals surface area contributed by atoms with Crippen LogP contribution >= 0.6 is 0 Å². The molecule has 0 saturated carbocycles. The van der Waals surface area contributed by atoms with Gasteiger partial charge in [-0.3, -0.25) is 4.79 Å². The first-order chi connectivity index (χ1) is 16.8. The molecule has 0 aliphatic carbocycles. The number of unbranched alkanes of at least 4 members (excludes halogenated alkanes) is 1. The molecule has 0 radical (unpaired) electrons. The Labute approximate surface area is 205 Å². The summed E-state index contributed by atoms with van der Waals surface area (Å²) in [5.74, 6) is -2.85. The lowest BCUT2D eigenvalue weighted by molar-refractivity contribution is -0.181. The molecule has 0 amide bonds. The van der Waals surface area contributed by atoms with E-state index >= 15 is 0 Å². The molecule has 0 N–H and O–H groups in total. The van der Waals surface area contributed by atoms with E-state index in [4.69, 9.17) is 18.9 Å². The van der Waals surface area contributed by atoms with Crippen LogP contribution < -0.4 is 0 Å². The minimum absolute atomic E-state index is 0.230. The summed E-state index contributed by atoms with van der Waals surface area (Å²) in [5.41, 5.74) is 1.31. The molecule has 0 aromatic heterocycles. The average Bonchev–Trinajstić information content (AvgIpc) is 2.87. The molecule has 3 atom stereocenters. The van der Waals surface area contributed by atoms with Crippen molar-refractivity contribution in [3.63, 3.8) is 0 Å². The molecule has 2 aromatic rings. The van der Waals surface area contributed by atoms with Crippen LogP contribution in [-0.4, -0.2) is 48.6 Å². The normalized spacial score (nSPS) is 13.2. The summed E-state index contributed by atoms with van der Waals surface area (Å²) >= 11 is 0. The van der Waals surface area contributed by atoms with Gasteiger partial charge < -0.3 is 18.9 Å². The highest BCUT2D eigenvalue weighted by molar-refractivity contribution is 5.98. The van der Waals surface area contributed by atoms with Crippen molar-refractivity contribution in [2.75, 3.05) is 6.61 Å². The Balaban J connectivity index is 1.82. The molecule has 8 heteroatoms. The molecule has 0 aliphatic rings. The fraction of sp³-hybridized carbons (Fsp3) is 0.407. The zero-order valence-corrected chi connectivity index (χ0v) is 20.3. The molecule has 2 aromatic carbocycles. The van der Waals surface area contributed by atoms with Crippen LogP contribution in [0.4, 0.5) is 0 Å². The van der Waals surface area contributed by atoms with Crippen molar-refractivity contribution < 1.29 is 38.1 Å². The highest BCUT2D eigenvalue weighted by atomic mass is 16.6. The molecular weight excluding hydrogens is 452 g/mol. The predicted octanol–water partition coefficient (Wildman–Crippen LogP) is 4.05. The second-order valence-electron chi connectivity index (χ2n) is 7.98. The van der Waals surface area contributed by atoms with Crippen molar-refractivity contribution in [3.8, 4) is 0 Å². The largest absolute Gasteiger partial charge is 0.455 e. The van der Waals surface area contributed by atoms with Gasteiger partial charge in [-0.15, -0.1) is 0 Å². The zero-order valence-electron chi connectivity index (χ0n) is 20.3. The number of carbonyl (C=O) groups excluding carboxylic acids is 4. The molecule has 0 heterocycles. The molecule has 2 rings (SSSR count). The molecule has 8 nitrogen and oxygen atoms in total. The van der Waals surface area contributed by atoms with Gasteiger partial charge in [-0.25, -0.2) is 14.4 Å². The van der Waals surface area contributed by atoms with E-state index in [1.54, 1.807) is 30.3 Å². The summed E-state index contributed by atoms with van der Waals surface area (Å²) in [6.07, 6.45) is -1.31. The highest BCUT2D eigenvalue weighted by Crippen LogP contribution is 2.13. The number of hydrogen-bond donors (Lipinski definition) is 0. The van der Waals surface area contributed by atoms with Gasteiger partial charge in [-0.1, -0.05) is 80.4 Å². The number of ketones is 1. The Morgan fingerprint density at radius 3 is 1.97 bits per heavy atom. The molecule has 0 spiro atoms. The fourth-order valence-corrected chi connectivity index (χ4v) is 3.01. The minimum Gasteiger partial charge on any atom is -0.455 e. The quantitative estimate of drug-likeness (QED) is 0.225. The van der Waals surface area contributed by atoms with E-state index in [2.05, 4.69) is 0 Å².